The number of hydrogen-bond donors (Lipinski definition) is 1. The van der Waals surface area contributed by atoms with Gasteiger partial charge in [0, 0.05) is 18.7 Å². The molecule has 18 heavy (non-hydrogen) atoms. The van der Waals surface area contributed by atoms with E-state index in [4.69, 9.17) is 0 Å². The molecule has 1 fully saturated rings. The van der Waals surface area contributed by atoms with Crippen LogP contribution in [0, 0.1) is 21.8 Å². The summed E-state index contributed by atoms with van der Waals surface area (Å²) in [6, 6.07) is 3.58. The lowest BCUT2D eigenvalue weighted by atomic mass is 9.89. The van der Waals surface area contributed by atoms with Crippen LogP contribution in [-0.4, -0.2) is 11.5 Å². The van der Waals surface area contributed by atoms with Crippen LogP contribution in [0.2, 0.25) is 0 Å². The van der Waals surface area contributed by atoms with Crippen molar-refractivity contribution in [1.29, 1.82) is 0 Å². The van der Waals surface area contributed by atoms with Crippen molar-refractivity contribution in [3.05, 3.63) is 34.1 Å². The van der Waals surface area contributed by atoms with Crippen LogP contribution in [-0.2, 0) is 0 Å². The molecule has 1 saturated carbocycles. The Morgan fingerprint density at radius 1 is 1.33 bits per heavy atom. The summed E-state index contributed by atoms with van der Waals surface area (Å²) >= 11 is 0. The number of benzene rings is 1. The topological polar surface area (TPSA) is 55.2 Å². The van der Waals surface area contributed by atoms with Crippen LogP contribution >= 0.6 is 0 Å². The van der Waals surface area contributed by atoms with Crippen molar-refractivity contribution in [3.8, 4) is 0 Å². The third kappa shape index (κ3) is 3.18. The van der Waals surface area contributed by atoms with E-state index in [1.54, 1.807) is 0 Å². The van der Waals surface area contributed by atoms with Crippen molar-refractivity contribution in [2.24, 2.45) is 5.92 Å². The first kappa shape index (κ1) is 12.8. The van der Waals surface area contributed by atoms with Gasteiger partial charge in [0.1, 0.15) is 5.82 Å². The Morgan fingerprint density at radius 3 is 2.72 bits per heavy atom. The molecule has 0 spiro atoms. The Balaban J connectivity index is 1.99. The Kier molecular flexibility index (Phi) is 4.12. The first-order valence-electron chi connectivity index (χ1n) is 6.34. The Bertz CT molecular complexity index is 431. The minimum Gasteiger partial charge on any atom is -0.382 e. The smallest absolute Gasteiger partial charge is 0.271 e. The average molecular weight is 252 g/mol. The molecule has 0 radical (unpaired) electrons. The Hall–Kier alpha value is -1.65. The highest BCUT2D eigenvalue weighted by Crippen LogP contribution is 2.26. The first-order chi connectivity index (χ1) is 8.66. The summed E-state index contributed by atoms with van der Waals surface area (Å²) in [5.74, 6) is 0.119. The molecule has 1 aromatic rings. The fourth-order valence-electron chi connectivity index (χ4n) is 2.41. The second kappa shape index (κ2) is 5.80. The van der Waals surface area contributed by atoms with Gasteiger partial charge in [0.15, 0.2) is 0 Å². The van der Waals surface area contributed by atoms with Gasteiger partial charge in [-0.25, -0.2) is 4.39 Å². The van der Waals surface area contributed by atoms with Crippen LogP contribution < -0.4 is 5.32 Å². The molecule has 2 rings (SSSR count). The zero-order valence-electron chi connectivity index (χ0n) is 10.2. The predicted octanol–water partition coefficient (Wildman–Crippen LogP) is 3.73. The summed E-state index contributed by atoms with van der Waals surface area (Å²) in [5.41, 5.74) is 0.150. The van der Waals surface area contributed by atoms with Gasteiger partial charge in [0.25, 0.3) is 5.69 Å². The van der Waals surface area contributed by atoms with Crippen LogP contribution in [0.4, 0.5) is 15.8 Å². The largest absolute Gasteiger partial charge is 0.382 e. The van der Waals surface area contributed by atoms with E-state index in [0.717, 1.165) is 18.9 Å². The lowest BCUT2D eigenvalue weighted by Crippen LogP contribution is -2.17. The predicted molar refractivity (Wildman–Crippen MR) is 68.1 cm³/mol. The zero-order valence-corrected chi connectivity index (χ0v) is 10.2. The maximum atomic E-state index is 13.5. The summed E-state index contributed by atoms with van der Waals surface area (Å²) < 4.78 is 13.5. The van der Waals surface area contributed by atoms with Crippen LogP contribution in [0.3, 0.4) is 0 Å². The number of hydrogen-bond acceptors (Lipinski definition) is 3. The van der Waals surface area contributed by atoms with Gasteiger partial charge in [-0.05, 0) is 24.8 Å². The van der Waals surface area contributed by atoms with Gasteiger partial charge in [-0.2, -0.15) is 0 Å². The molecule has 0 saturated heterocycles. The summed E-state index contributed by atoms with van der Waals surface area (Å²) in [5, 5.41) is 13.6. The number of nitrogens with one attached hydrogen (secondary N) is 1. The van der Waals surface area contributed by atoms with E-state index in [-0.39, 0.29) is 11.4 Å². The van der Waals surface area contributed by atoms with Crippen LogP contribution in [0.1, 0.15) is 32.1 Å². The van der Waals surface area contributed by atoms with E-state index in [1.807, 2.05) is 0 Å². The third-order valence-electron chi connectivity index (χ3n) is 3.47. The molecular weight excluding hydrogens is 235 g/mol. The molecule has 1 aromatic carbocycles. The lowest BCUT2D eigenvalue weighted by molar-refractivity contribution is -0.384. The summed E-state index contributed by atoms with van der Waals surface area (Å²) in [6.45, 7) is 0.693. The second-order valence-electron chi connectivity index (χ2n) is 4.81. The van der Waals surface area contributed by atoms with Gasteiger partial charge in [0.2, 0.25) is 0 Å². The minimum atomic E-state index is -0.509. The molecule has 0 bridgehead atoms. The van der Waals surface area contributed by atoms with E-state index in [1.165, 1.54) is 31.4 Å². The van der Waals surface area contributed by atoms with Gasteiger partial charge in [0.05, 0.1) is 10.6 Å². The molecule has 0 atom stereocenters. The molecular formula is C13H17FN2O2. The molecule has 0 aromatic heterocycles. The van der Waals surface area contributed by atoms with Crippen LogP contribution in [0.25, 0.3) is 0 Å². The monoisotopic (exact) mass is 252 g/mol. The van der Waals surface area contributed by atoms with Crippen molar-refractivity contribution >= 4 is 11.4 Å². The molecule has 1 aliphatic rings. The molecule has 1 N–H and O–H groups in total. The molecule has 98 valence electrons. The molecule has 1 aliphatic carbocycles. The fourth-order valence-corrected chi connectivity index (χ4v) is 2.41. The van der Waals surface area contributed by atoms with Crippen LogP contribution in [0.15, 0.2) is 18.2 Å². The van der Waals surface area contributed by atoms with Gasteiger partial charge >= 0.3 is 0 Å². The molecule has 5 heteroatoms. The van der Waals surface area contributed by atoms with E-state index >= 15 is 0 Å². The van der Waals surface area contributed by atoms with Gasteiger partial charge in [-0.15, -0.1) is 0 Å². The average Bonchev–Trinajstić information content (AvgIpc) is 2.38. The molecule has 0 aliphatic heterocycles. The Labute approximate surface area is 105 Å². The molecule has 4 nitrogen and oxygen atoms in total. The number of nitrogens with zero attached hydrogens (tertiary/aromatic N) is 1. The number of rotatable bonds is 4. The zero-order chi connectivity index (χ0) is 13.0. The maximum Gasteiger partial charge on any atom is 0.271 e. The molecule has 0 unspecified atom stereocenters. The number of anilines is 1. The van der Waals surface area contributed by atoms with Crippen molar-refractivity contribution < 1.29 is 9.31 Å². The standard InChI is InChI=1S/C13H17FN2O2/c14-12-7-6-11(16(17)18)8-13(12)15-9-10-4-2-1-3-5-10/h6-8,10,15H,1-5,9H2. The normalized spacial score (nSPS) is 16.5. The summed E-state index contributed by atoms with van der Waals surface area (Å²) in [7, 11) is 0. The SMILES string of the molecule is O=[N+]([O-])c1ccc(F)c(NCC2CCCCC2)c1. The number of non-ortho nitro benzene ring substituents is 1. The molecule has 0 heterocycles. The van der Waals surface area contributed by atoms with Crippen LogP contribution in [0.5, 0.6) is 0 Å². The van der Waals surface area contributed by atoms with Crippen molar-refractivity contribution in [3.63, 3.8) is 0 Å². The van der Waals surface area contributed by atoms with Crippen molar-refractivity contribution in [2.45, 2.75) is 32.1 Å². The summed E-state index contributed by atoms with van der Waals surface area (Å²) in [6.07, 6.45) is 6.04. The van der Waals surface area contributed by atoms with Crippen molar-refractivity contribution in [2.75, 3.05) is 11.9 Å². The second-order valence-corrected chi connectivity index (χ2v) is 4.81. The number of halogens is 1. The number of nitro benzene ring substituents is 1. The highest BCUT2D eigenvalue weighted by Gasteiger charge is 2.15. The molecule has 0 amide bonds. The minimum absolute atomic E-state index is 0.0810. The quantitative estimate of drug-likeness (QED) is 0.656. The van der Waals surface area contributed by atoms with E-state index in [2.05, 4.69) is 5.32 Å². The van der Waals surface area contributed by atoms with E-state index < -0.39 is 10.7 Å². The van der Waals surface area contributed by atoms with Crippen molar-refractivity contribution in [1.82, 2.24) is 0 Å². The maximum absolute atomic E-state index is 13.5. The highest BCUT2D eigenvalue weighted by molar-refractivity contribution is 5.52. The first-order valence-corrected chi connectivity index (χ1v) is 6.34. The highest BCUT2D eigenvalue weighted by atomic mass is 19.1. The van der Waals surface area contributed by atoms with Gasteiger partial charge in [-0.1, -0.05) is 19.3 Å². The Morgan fingerprint density at radius 2 is 2.06 bits per heavy atom. The van der Waals surface area contributed by atoms with E-state index in [0.29, 0.717) is 12.5 Å². The fraction of sp³-hybridized carbons (Fsp3) is 0.538. The van der Waals surface area contributed by atoms with Gasteiger partial charge < -0.3 is 5.32 Å². The number of nitro groups is 1. The lowest BCUT2D eigenvalue weighted by Gasteiger charge is -2.22. The van der Waals surface area contributed by atoms with Gasteiger partial charge in [-0.3, -0.25) is 10.1 Å². The van der Waals surface area contributed by atoms with E-state index in [9.17, 15) is 14.5 Å². The third-order valence-corrected chi connectivity index (χ3v) is 3.47. The summed E-state index contributed by atoms with van der Waals surface area (Å²) in [4.78, 5) is 10.1.